The molecule has 0 bridgehead atoms. The van der Waals surface area contributed by atoms with Crippen LogP contribution in [0.1, 0.15) is 45.6 Å². The number of benzene rings is 3. The van der Waals surface area contributed by atoms with Crippen LogP contribution in [0.2, 0.25) is 5.02 Å². The van der Waals surface area contributed by atoms with Crippen LogP contribution in [0, 0.1) is 5.41 Å². The van der Waals surface area contributed by atoms with Crippen molar-refractivity contribution in [2.24, 2.45) is 11.1 Å². The van der Waals surface area contributed by atoms with Gasteiger partial charge in [0.25, 0.3) is 5.89 Å². The number of hydrogen-bond acceptors (Lipinski definition) is 6. The molecule has 220 valence electrons. The van der Waals surface area contributed by atoms with E-state index in [2.05, 4.69) is 33.8 Å². The van der Waals surface area contributed by atoms with Crippen LogP contribution in [0.5, 0.6) is 0 Å². The number of aromatic nitrogens is 2. The Balaban J connectivity index is 0.000000748. The molecule has 0 atom stereocenters. The van der Waals surface area contributed by atoms with Gasteiger partial charge in [-0.05, 0) is 76.4 Å². The summed E-state index contributed by atoms with van der Waals surface area (Å²) in [7, 11) is 0. The van der Waals surface area contributed by atoms with Crippen LogP contribution < -0.4 is 5.73 Å². The third-order valence-electron chi connectivity index (χ3n) is 7.15. The number of carbonyl (C=O) groups is 1. The minimum atomic E-state index is -0.717. The standard InChI is InChI=1S/C30H28ClN3O3.C4H11N/c1-2-14-30(29(35)36)15-17-34(18-16-30)20-21-8-10-23(11-9-21)27-32-28(37-33-27)24-12-13-25(26(31)19-24)22-6-4-3-5-7-22;1-4(2,3)5/h2-13,19H,1,14-18,20H2,(H,35,36);5H2,1-3H3. The van der Waals surface area contributed by atoms with Gasteiger partial charge in [0.1, 0.15) is 0 Å². The zero-order valence-corrected chi connectivity index (χ0v) is 25.3. The summed E-state index contributed by atoms with van der Waals surface area (Å²) in [6, 6.07) is 23.8. The van der Waals surface area contributed by atoms with Crippen molar-refractivity contribution in [3.05, 3.63) is 96.0 Å². The summed E-state index contributed by atoms with van der Waals surface area (Å²) in [6.45, 7) is 11.9. The number of carboxylic acid groups (broad SMARTS) is 1. The minimum absolute atomic E-state index is 0. The average Bonchev–Trinajstić information content (AvgIpc) is 3.45. The molecule has 3 aromatic carbocycles. The summed E-state index contributed by atoms with van der Waals surface area (Å²) in [5, 5.41) is 14.5. The van der Waals surface area contributed by atoms with E-state index < -0.39 is 11.4 Å². The van der Waals surface area contributed by atoms with Gasteiger partial charge in [-0.25, -0.2) is 0 Å². The fourth-order valence-electron chi connectivity index (χ4n) is 4.90. The highest BCUT2D eigenvalue weighted by Crippen LogP contribution is 2.36. The SMILES string of the molecule is C=CCC1(C(=O)O)CCN(Cc2ccc(-c3noc(-c4ccc(-c5ccccc5)c(Cl)c4)n3)cc2)CC1.CC(C)(C)N. The maximum Gasteiger partial charge on any atom is 0.310 e. The summed E-state index contributed by atoms with van der Waals surface area (Å²) >= 11 is 6.55. The molecule has 0 spiro atoms. The van der Waals surface area contributed by atoms with Crippen molar-refractivity contribution in [3.63, 3.8) is 0 Å². The Morgan fingerprint density at radius 1 is 1.05 bits per heavy atom. The molecule has 5 rings (SSSR count). The zero-order chi connectivity index (χ0) is 30.3. The quantitative estimate of drug-likeness (QED) is 0.204. The lowest BCUT2D eigenvalue weighted by molar-refractivity contribution is -0.152. The summed E-state index contributed by atoms with van der Waals surface area (Å²) in [5.41, 5.74) is 9.45. The van der Waals surface area contributed by atoms with Gasteiger partial charge >= 0.3 is 5.97 Å². The van der Waals surface area contributed by atoms with Gasteiger partial charge in [-0.15, -0.1) is 6.58 Å². The van der Waals surface area contributed by atoms with Gasteiger partial charge in [-0.1, -0.05) is 83.5 Å². The Morgan fingerprint density at radius 2 is 1.67 bits per heavy atom. The smallest absolute Gasteiger partial charge is 0.310 e. The molecule has 1 aromatic heterocycles. The van der Waals surface area contributed by atoms with E-state index in [1.54, 1.807) is 6.08 Å². The van der Waals surface area contributed by atoms with E-state index >= 15 is 0 Å². The van der Waals surface area contributed by atoms with Crippen LogP contribution in [0.4, 0.5) is 0 Å². The highest BCUT2D eigenvalue weighted by molar-refractivity contribution is 6.33. The van der Waals surface area contributed by atoms with Crippen molar-refractivity contribution in [2.45, 2.75) is 52.1 Å². The lowest BCUT2D eigenvalue weighted by Crippen LogP contribution is -2.43. The number of hydrogen-bond donors (Lipinski definition) is 2. The van der Waals surface area contributed by atoms with E-state index in [9.17, 15) is 9.90 Å². The summed E-state index contributed by atoms with van der Waals surface area (Å²) in [4.78, 5) is 18.7. The van der Waals surface area contributed by atoms with E-state index in [1.807, 2.05) is 81.4 Å². The van der Waals surface area contributed by atoms with Crippen LogP contribution in [-0.4, -0.2) is 44.7 Å². The first-order chi connectivity index (χ1) is 20.0. The highest BCUT2D eigenvalue weighted by Gasteiger charge is 2.40. The number of likely N-dealkylation sites (tertiary alicyclic amines) is 1. The molecule has 0 radical (unpaired) electrons. The van der Waals surface area contributed by atoms with Crippen LogP contribution >= 0.6 is 11.6 Å². The molecule has 1 fully saturated rings. The van der Waals surface area contributed by atoms with E-state index in [-0.39, 0.29) is 5.54 Å². The number of allylic oxidation sites excluding steroid dienone is 1. The second-order valence-corrected chi connectivity index (χ2v) is 12.3. The third kappa shape index (κ3) is 8.16. The summed E-state index contributed by atoms with van der Waals surface area (Å²) in [6.07, 6.45) is 3.50. The van der Waals surface area contributed by atoms with Crippen molar-refractivity contribution in [1.29, 1.82) is 0 Å². The molecule has 1 aliphatic rings. The third-order valence-corrected chi connectivity index (χ3v) is 7.46. The van der Waals surface area contributed by atoms with Crippen LogP contribution in [-0.2, 0) is 11.3 Å². The first-order valence-corrected chi connectivity index (χ1v) is 14.5. The topological polar surface area (TPSA) is 105 Å². The molecule has 1 aliphatic heterocycles. The van der Waals surface area contributed by atoms with Crippen molar-refractivity contribution < 1.29 is 14.4 Å². The fraction of sp³-hybridized carbons (Fsp3) is 0.324. The fourth-order valence-corrected chi connectivity index (χ4v) is 5.19. The van der Waals surface area contributed by atoms with Gasteiger partial charge in [0.05, 0.1) is 5.41 Å². The second kappa shape index (κ2) is 13.5. The van der Waals surface area contributed by atoms with Gasteiger partial charge in [0.2, 0.25) is 5.82 Å². The largest absolute Gasteiger partial charge is 0.481 e. The molecule has 0 saturated carbocycles. The number of aliphatic carboxylic acids is 1. The summed E-state index contributed by atoms with van der Waals surface area (Å²) < 4.78 is 5.53. The Hall–Kier alpha value is -3.78. The van der Waals surface area contributed by atoms with Crippen LogP contribution in [0.25, 0.3) is 34.0 Å². The Labute approximate surface area is 253 Å². The second-order valence-electron chi connectivity index (χ2n) is 11.9. The number of nitrogens with zero attached hydrogens (tertiary/aromatic N) is 3. The number of nitrogens with two attached hydrogens (primary N) is 1. The van der Waals surface area contributed by atoms with Crippen molar-refractivity contribution in [3.8, 4) is 34.0 Å². The van der Waals surface area contributed by atoms with Gasteiger partial charge < -0.3 is 15.4 Å². The van der Waals surface area contributed by atoms with Gasteiger partial charge in [-0.2, -0.15) is 4.98 Å². The average molecular weight is 587 g/mol. The summed E-state index contributed by atoms with van der Waals surface area (Å²) in [5.74, 6) is 0.207. The first-order valence-electron chi connectivity index (χ1n) is 14.1. The predicted octanol–water partition coefficient (Wildman–Crippen LogP) is 7.71. The van der Waals surface area contributed by atoms with Crippen molar-refractivity contribution in [2.75, 3.05) is 13.1 Å². The Bertz CT molecular complexity index is 1480. The number of piperidine rings is 1. The molecule has 0 amide bonds. The molecule has 2 heterocycles. The van der Waals surface area contributed by atoms with E-state index in [1.165, 1.54) is 0 Å². The molecular weight excluding hydrogens is 548 g/mol. The minimum Gasteiger partial charge on any atom is -0.481 e. The van der Waals surface area contributed by atoms with Crippen molar-refractivity contribution in [1.82, 2.24) is 15.0 Å². The maximum absolute atomic E-state index is 11.8. The number of carboxylic acids is 1. The maximum atomic E-state index is 11.8. The number of halogens is 1. The molecule has 4 aromatic rings. The van der Waals surface area contributed by atoms with Crippen molar-refractivity contribution >= 4 is 17.6 Å². The molecule has 42 heavy (non-hydrogen) atoms. The van der Waals surface area contributed by atoms with E-state index in [0.717, 1.165) is 47.5 Å². The van der Waals surface area contributed by atoms with Crippen LogP contribution in [0.15, 0.2) is 90.0 Å². The molecule has 7 nitrogen and oxygen atoms in total. The Morgan fingerprint density at radius 3 is 2.24 bits per heavy atom. The monoisotopic (exact) mass is 586 g/mol. The predicted molar refractivity (Wildman–Crippen MR) is 169 cm³/mol. The number of rotatable bonds is 8. The highest BCUT2D eigenvalue weighted by atomic mass is 35.5. The van der Waals surface area contributed by atoms with Gasteiger partial charge in [-0.3, -0.25) is 9.69 Å². The molecular formula is C34H39ClN4O3. The normalized spacial score (nSPS) is 15.0. The van der Waals surface area contributed by atoms with E-state index in [4.69, 9.17) is 21.9 Å². The molecule has 1 saturated heterocycles. The van der Waals surface area contributed by atoms with Gasteiger partial charge in [0, 0.05) is 33.8 Å². The first kappa shape index (κ1) is 31.2. The van der Waals surface area contributed by atoms with Gasteiger partial charge in [0.15, 0.2) is 0 Å². The molecule has 8 heteroatoms. The lowest BCUT2D eigenvalue weighted by atomic mass is 9.75. The molecule has 3 N–H and O–H groups in total. The van der Waals surface area contributed by atoms with E-state index in [0.29, 0.717) is 36.0 Å². The zero-order valence-electron chi connectivity index (χ0n) is 24.5. The van der Waals surface area contributed by atoms with Crippen LogP contribution in [0.3, 0.4) is 0 Å². The molecule has 0 unspecified atom stereocenters. The Kier molecular flexibility index (Phi) is 9.99. The molecule has 0 aliphatic carbocycles. The lowest BCUT2D eigenvalue weighted by Gasteiger charge is -2.38.